The minimum Gasteiger partial charge on any atom is -0.289 e. The summed E-state index contributed by atoms with van der Waals surface area (Å²) in [5.74, 6) is 0.548. The molecule has 1 rings (SSSR count). The predicted octanol–water partition coefficient (Wildman–Crippen LogP) is 1.95. The monoisotopic (exact) mass is 220 g/mol. The van der Waals surface area contributed by atoms with Crippen LogP contribution in [-0.2, 0) is 11.2 Å². The van der Waals surface area contributed by atoms with Crippen LogP contribution < -0.4 is 5.43 Å². The Morgan fingerprint density at radius 3 is 2.25 bits per heavy atom. The molecular weight excluding hydrogens is 200 g/mol. The first-order chi connectivity index (χ1) is 7.49. The molecule has 0 saturated carbocycles. The minimum absolute atomic E-state index is 0.0160. The smallest absolute Gasteiger partial charge is 0.238 e. The van der Waals surface area contributed by atoms with Gasteiger partial charge in [0, 0.05) is 14.1 Å². The van der Waals surface area contributed by atoms with Gasteiger partial charge in [-0.2, -0.15) is 0 Å². The Kier molecular flexibility index (Phi) is 4.50. The standard InChI is InChI=1S/C13H20N2O/c1-10(2)12-7-5-11(6-8-12)9-13(16)14-15(3)4/h5-8,10H,9H2,1-4H3,(H,14,16). The summed E-state index contributed by atoms with van der Waals surface area (Å²) < 4.78 is 0. The Balaban J connectivity index is 2.58. The van der Waals surface area contributed by atoms with Crippen molar-refractivity contribution in [2.45, 2.75) is 26.2 Å². The fourth-order valence-corrected chi connectivity index (χ4v) is 1.49. The first kappa shape index (κ1) is 12.7. The Morgan fingerprint density at radius 2 is 1.81 bits per heavy atom. The summed E-state index contributed by atoms with van der Waals surface area (Å²) >= 11 is 0. The lowest BCUT2D eigenvalue weighted by molar-refractivity contribution is -0.124. The second-order valence-electron chi connectivity index (χ2n) is 4.50. The van der Waals surface area contributed by atoms with Crippen LogP contribution in [0.1, 0.15) is 30.9 Å². The lowest BCUT2D eigenvalue weighted by Crippen LogP contribution is -2.37. The molecule has 3 nitrogen and oxygen atoms in total. The largest absolute Gasteiger partial charge is 0.289 e. The molecule has 1 aromatic rings. The van der Waals surface area contributed by atoms with Crippen molar-refractivity contribution in [2.75, 3.05) is 14.1 Å². The van der Waals surface area contributed by atoms with Crippen molar-refractivity contribution in [3.8, 4) is 0 Å². The lowest BCUT2D eigenvalue weighted by atomic mass is 10.0. The Labute approximate surface area is 97.4 Å². The van der Waals surface area contributed by atoms with Gasteiger partial charge in [0.2, 0.25) is 5.91 Å². The molecule has 0 bridgehead atoms. The first-order valence-electron chi connectivity index (χ1n) is 5.54. The first-order valence-corrected chi connectivity index (χ1v) is 5.54. The van der Waals surface area contributed by atoms with Crippen LogP contribution in [0.4, 0.5) is 0 Å². The van der Waals surface area contributed by atoms with E-state index >= 15 is 0 Å². The molecule has 0 unspecified atom stereocenters. The van der Waals surface area contributed by atoms with E-state index in [1.165, 1.54) is 5.56 Å². The molecule has 0 spiro atoms. The number of amides is 1. The van der Waals surface area contributed by atoms with Gasteiger partial charge in [0.1, 0.15) is 0 Å². The highest BCUT2D eigenvalue weighted by molar-refractivity contribution is 5.78. The SMILES string of the molecule is CC(C)c1ccc(CC(=O)NN(C)C)cc1. The van der Waals surface area contributed by atoms with Gasteiger partial charge >= 0.3 is 0 Å². The van der Waals surface area contributed by atoms with E-state index in [2.05, 4.69) is 31.4 Å². The lowest BCUT2D eigenvalue weighted by Gasteiger charge is -2.12. The van der Waals surface area contributed by atoms with E-state index in [9.17, 15) is 4.79 Å². The molecule has 1 amide bonds. The number of rotatable bonds is 4. The molecule has 0 aliphatic heterocycles. The van der Waals surface area contributed by atoms with Crippen molar-refractivity contribution >= 4 is 5.91 Å². The number of hydrazine groups is 1. The number of hydrogen-bond donors (Lipinski definition) is 1. The third kappa shape index (κ3) is 4.03. The van der Waals surface area contributed by atoms with Crippen molar-refractivity contribution in [2.24, 2.45) is 0 Å². The van der Waals surface area contributed by atoms with E-state index in [1.54, 1.807) is 19.1 Å². The minimum atomic E-state index is 0.0160. The zero-order valence-electron chi connectivity index (χ0n) is 10.4. The fourth-order valence-electron chi connectivity index (χ4n) is 1.49. The third-order valence-corrected chi connectivity index (χ3v) is 2.36. The van der Waals surface area contributed by atoms with Crippen LogP contribution in [-0.4, -0.2) is 25.0 Å². The average Bonchev–Trinajstić information content (AvgIpc) is 2.16. The summed E-state index contributed by atoms with van der Waals surface area (Å²) in [5.41, 5.74) is 5.07. The van der Waals surface area contributed by atoms with E-state index in [1.807, 2.05) is 12.1 Å². The van der Waals surface area contributed by atoms with Crippen LogP contribution in [0.3, 0.4) is 0 Å². The molecule has 0 heterocycles. The van der Waals surface area contributed by atoms with Crippen LogP contribution in [0.15, 0.2) is 24.3 Å². The van der Waals surface area contributed by atoms with Crippen LogP contribution in [0, 0.1) is 0 Å². The van der Waals surface area contributed by atoms with Gasteiger partial charge in [-0.05, 0) is 17.0 Å². The van der Waals surface area contributed by atoms with Crippen molar-refractivity contribution < 1.29 is 4.79 Å². The van der Waals surface area contributed by atoms with E-state index < -0.39 is 0 Å². The Bertz CT molecular complexity index is 341. The highest BCUT2D eigenvalue weighted by Gasteiger charge is 2.04. The molecule has 0 fully saturated rings. The van der Waals surface area contributed by atoms with Crippen molar-refractivity contribution in [1.82, 2.24) is 10.4 Å². The topological polar surface area (TPSA) is 32.3 Å². The zero-order valence-corrected chi connectivity index (χ0v) is 10.4. The van der Waals surface area contributed by atoms with Gasteiger partial charge in [-0.3, -0.25) is 10.2 Å². The molecule has 1 N–H and O–H groups in total. The molecule has 1 aromatic carbocycles. The number of carbonyl (C=O) groups excluding carboxylic acids is 1. The van der Waals surface area contributed by atoms with E-state index in [0.29, 0.717) is 12.3 Å². The molecule has 0 radical (unpaired) electrons. The molecule has 16 heavy (non-hydrogen) atoms. The molecule has 3 heteroatoms. The van der Waals surface area contributed by atoms with Gasteiger partial charge in [0.25, 0.3) is 0 Å². The zero-order chi connectivity index (χ0) is 12.1. The molecule has 0 aromatic heterocycles. The molecule has 0 saturated heterocycles. The second-order valence-corrected chi connectivity index (χ2v) is 4.50. The maximum Gasteiger partial charge on any atom is 0.238 e. The number of carbonyl (C=O) groups is 1. The summed E-state index contributed by atoms with van der Waals surface area (Å²) in [6, 6.07) is 8.21. The van der Waals surface area contributed by atoms with Crippen molar-refractivity contribution in [1.29, 1.82) is 0 Å². The molecule has 88 valence electrons. The van der Waals surface area contributed by atoms with Gasteiger partial charge in [-0.15, -0.1) is 0 Å². The average molecular weight is 220 g/mol. The molecule has 0 aliphatic rings. The summed E-state index contributed by atoms with van der Waals surface area (Å²) in [5, 5.41) is 1.66. The maximum atomic E-state index is 11.5. The number of hydrogen-bond acceptors (Lipinski definition) is 2. The van der Waals surface area contributed by atoms with Gasteiger partial charge in [0.15, 0.2) is 0 Å². The van der Waals surface area contributed by atoms with E-state index in [4.69, 9.17) is 0 Å². The second kappa shape index (κ2) is 5.66. The van der Waals surface area contributed by atoms with Crippen LogP contribution >= 0.6 is 0 Å². The van der Waals surface area contributed by atoms with Gasteiger partial charge in [-0.1, -0.05) is 38.1 Å². The van der Waals surface area contributed by atoms with Crippen molar-refractivity contribution in [3.63, 3.8) is 0 Å². The van der Waals surface area contributed by atoms with Crippen LogP contribution in [0.2, 0.25) is 0 Å². The third-order valence-electron chi connectivity index (χ3n) is 2.36. The number of nitrogens with one attached hydrogen (secondary N) is 1. The summed E-state index contributed by atoms with van der Waals surface area (Å²) in [4.78, 5) is 11.5. The van der Waals surface area contributed by atoms with Crippen LogP contribution in [0.25, 0.3) is 0 Å². The summed E-state index contributed by atoms with van der Waals surface area (Å²) in [6.07, 6.45) is 0.427. The predicted molar refractivity (Wildman–Crippen MR) is 66.1 cm³/mol. The van der Waals surface area contributed by atoms with E-state index in [-0.39, 0.29) is 5.91 Å². The van der Waals surface area contributed by atoms with E-state index in [0.717, 1.165) is 5.56 Å². The summed E-state index contributed by atoms with van der Waals surface area (Å²) in [7, 11) is 3.61. The maximum absolute atomic E-state index is 11.5. The number of nitrogens with zero attached hydrogens (tertiary/aromatic N) is 1. The molecule has 0 atom stereocenters. The van der Waals surface area contributed by atoms with Gasteiger partial charge in [0.05, 0.1) is 6.42 Å². The quantitative estimate of drug-likeness (QED) is 0.787. The highest BCUT2D eigenvalue weighted by Crippen LogP contribution is 2.14. The highest BCUT2D eigenvalue weighted by atomic mass is 16.2. The van der Waals surface area contributed by atoms with Crippen LogP contribution in [0.5, 0.6) is 0 Å². The normalized spacial score (nSPS) is 10.9. The Morgan fingerprint density at radius 1 is 1.25 bits per heavy atom. The molecular formula is C13H20N2O. The van der Waals surface area contributed by atoms with Crippen molar-refractivity contribution in [3.05, 3.63) is 35.4 Å². The fraction of sp³-hybridized carbons (Fsp3) is 0.462. The molecule has 0 aliphatic carbocycles. The summed E-state index contributed by atoms with van der Waals surface area (Å²) in [6.45, 7) is 4.32. The van der Waals surface area contributed by atoms with Gasteiger partial charge < -0.3 is 0 Å². The Hall–Kier alpha value is -1.35. The van der Waals surface area contributed by atoms with Gasteiger partial charge in [-0.25, -0.2) is 5.01 Å². The number of benzene rings is 1.